The summed E-state index contributed by atoms with van der Waals surface area (Å²) in [6.07, 6.45) is 1.71. The van der Waals surface area contributed by atoms with Gasteiger partial charge in [0.2, 0.25) is 5.91 Å². The Bertz CT molecular complexity index is 1150. The first kappa shape index (κ1) is 18.9. The summed E-state index contributed by atoms with van der Waals surface area (Å²) in [6.45, 7) is 1.45. The van der Waals surface area contributed by atoms with Crippen molar-refractivity contribution < 1.29 is 9.59 Å². The van der Waals surface area contributed by atoms with Gasteiger partial charge in [-0.2, -0.15) is 0 Å². The topological polar surface area (TPSA) is 87.7 Å². The maximum atomic E-state index is 12.6. The lowest BCUT2D eigenvalue weighted by Crippen LogP contribution is -2.07. The summed E-state index contributed by atoms with van der Waals surface area (Å²) in [6, 6.07) is 18.5. The van der Waals surface area contributed by atoms with Gasteiger partial charge in [0.1, 0.15) is 10.9 Å². The molecule has 0 saturated heterocycles. The quantitative estimate of drug-likeness (QED) is 0.365. The number of ketones is 1. The minimum Gasteiger partial charge on any atom is -0.338 e. The smallest absolute Gasteiger partial charge is 0.221 e. The summed E-state index contributed by atoms with van der Waals surface area (Å²) in [5.41, 5.74) is 3.96. The molecule has 0 spiro atoms. The average Bonchev–Trinajstić information content (AvgIpc) is 3.16. The first-order valence-electron chi connectivity index (χ1n) is 9.04. The SMILES string of the molecule is CC(=O)Nc1ccc(C(=O)CSc2ncccc2-c2nc3ccccc3[nH]2)cc1. The molecule has 144 valence electrons. The molecule has 29 heavy (non-hydrogen) atoms. The van der Waals surface area contributed by atoms with Crippen molar-refractivity contribution in [1.29, 1.82) is 0 Å². The fourth-order valence-corrected chi connectivity index (χ4v) is 3.82. The molecular formula is C22H18N4O2S. The highest BCUT2D eigenvalue weighted by atomic mass is 32.2. The van der Waals surface area contributed by atoms with Gasteiger partial charge in [0.05, 0.1) is 16.8 Å². The highest BCUT2D eigenvalue weighted by Gasteiger charge is 2.14. The first-order chi connectivity index (χ1) is 14.1. The number of amides is 1. The van der Waals surface area contributed by atoms with Crippen molar-refractivity contribution in [2.75, 3.05) is 11.1 Å². The van der Waals surface area contributed by atoms with Gasteiger partial charge in [-0.15, -0.1) is 0 Å². The van der Waals surface area contributed by atoms with Crippen LogP contribution in [-0.2, 0) is 4.79 Å². The number of fused-ring (bicyclic) bond motifs is 1. The number of H-pyrrole nitrogens is 1. The van der Waals surface area contributed by atoms with E-state index in [1.807, 2.05) is 36.4 Å². The monoisotopic (exact) mass is 402 g/mol. The third-order valence-corrected chi connectivity index (χ3v) is 5.29. The van der Waals surface area contributed by atoms with Crippen molar-refractivity contribution in [3.8, 4) is 11.4 Å². The van der Waals surface area contributed by atoms with Gasteiger partial charge in [0.25, 0.3) is 0 Å². The summed E-state index contributed by atoms with van der Waals surface area (Å²) < 4.78 is 0. The normalized spacial score (nSPS) is 10.8. The maximum Gasteiger partial charge on any atom is 0.221 e. The Kier molecular flexibility index (Phi) is 5.39. The Morgan fingerprint density at radius 2 is 1.83 bits per heavy atom. The number of carbonyl (C=O) groups excluding carboxylic acids is 2. The molecule has 4 rings (SSSR count). The number of rotatable bonds is 6. The number of hydrogen-bond acceptors (Lipinski definition) is 5. The second kappa shape index (κ2) is 8.28. The lowest BCUT2D eigenvalue weighted by Gasteiger charge is -2.06. The fraction of sp³-hybridized carbons (Fsp3) is 0.0909. The van der Waals surface area contributed by atoms with Crippen LogP contribution in [0.2, 0.25) is 0 Å². The number of aromatic amines is 1. The van der Waals surface area contributed by atoms with Crippen molar-refractivity contribution in [3.05, 3.63) is 72.4 Å². The van der Waals surface area contributed by atoms with E-state index in [0.717, 1.165) is 27.4 Å². The van der Waals surface area contributed by atoms with Gasteiger partial charge in [-0.05, 0) is 48.5 Å². The molecule has 0 atom stereocenters. The third kappa shape index (κ3) is 4.35. The predicted molar refractivity (Wildman–Crippen MR) is 115 cm³/mol. The van der Waals surface area contributed by atoms with Gasteiger partial charge in [-0.3, -0.25) is 9.59 Å². The molecule has 0 aliphatic rings. The molecule has 0 saturated carbocycles. The van der Waals surface area contributed by atoms with E-state index >= 15 is 0 Å². The van der Waals surface area contributed by atoms with Crippen LogP contribution in [0.3, 0.4) is 0 Å². The number of nitrogens with one attached hydrogen (secondary N) is 2. The van der Waals surface area contributed by atoms with E-state index in [4.69, 9.17) is 0 Å². The predicted octanol–water partition coefficient (Wildman–Crippen LogP) is 4.56. The number of aromatic nitrogens is 3. The fourth-order valence-electron chi connectivity index (χ4n) is 2.93. The Hall–Kier alpha value is -3.45. The maximum absolute atomic E-state index is 12.6. The lowest BCUT2D eigenvalue weighted by molar-refractivity contribution is -0.114. The van der Waals surface area contributed by atoms with Crippen LogP contribution in [0, 0.1) is 0 Å². The zero-order valence-corrected chi connectivity index (χ0v) is 16.5. The third-order valence-electron chi connectivity index (χ3n) is 4.28. The summed E-state index contributed by atoms with van der Waals surface area (Å²) in [4.78, 5) is 36.1. The van der Waals surface area contributed by atoms with E-state index < -0.39 is 0 Å². The number of imidazole rings is 1. The molecule has 2 N–H and O–H groups in total. The van der Waals surface area contributed by atoms with E-state index in [2.05, 4.69) is 20.3 Å². The van der Waals surface area contributed by atoms with Crippen LogP contribution in [0.4, 0.5) is 5.69 Å². The second-order valence-corrected chi connectivity index (χ2v) is 7.39. The summed E-state index contributed by atoms with van der Waals surface area (Å²) in [5, 5.41) is 3.43. The van der Waals surface area contributed by atoms with Gasteiger partial charge in [-0.1, -0.05) is 23.9 Å². The molecule has 1 amide bonds. The van der Waals surface area contributed by atoms with E-state index in [1.165, 1.54) is 18.7 Å². The van der Waals surface area contributed by atoms with E-state index in [0.29, 0.717) is 11.3 Å². The molecule has 4 aromatic rings. The van der Waals surface area contributed by atoms with Crippen molar-refractivity contribution in [2.45, 2.75) is 11.9 Å². The molecule has 2 aromatic heterocycles. The first-order valence-corrected chi connectivity index (χ1v) is 10.0. The Balaban J connectivity index is 1.50. The van der Waals surface area contributed by atoms with Crippen LogP contribution in [-0.4, -0.2) is 32.4 Å². The van der Waals surface area contributed by atoms with Crippen molar-refractivity contribution in [1.82, 2.24) is 15.0 Å². The molecule has 2 aromatic carbocycles. The minimum absolute atomic E-state index is 0.00872. The summed E-state index contributed by atoms with van der Waals surface area (Å²) in [5.74, 6) is 0.830. The molecule has 6 nitrogen and oxygen atoms in total. The number of thioether (sulfide) groups is 1. The van der Waals surface area contributed by atoms with Crippen molar-refractivity contribution >= 4 is 40.2 Å². The molecule has 0 fully saturated rings. The zero-order chi connectivity index (χ0) is 20.2. The highest BCUT2D eigenvalue weighted by Crippen LogP contribution is 2.29. The number of nitrogens with zero attached hydrogens (tertiary/aromatic N) is 2. The molecule has 0 bridgehead atoms. The zero-order valence-electron chi connectivity index (χ0n) is 15.7. The number of hydrogen-bond donors (Lipinski definition) is 2. The van der Waals surface area contributed by atoms with Gasteiger partial charge < -0.3 is 10.3 Å². The second-order valence-electron chi connectivity index (χ2n) is 6.43. The van der Waals surface area contributed by atoms with E-state index in [9.17, 15) is 9.59 Å². The number of carbonyl (C=O) groups is 2. The number of anilines is 1. The Morgan fingerprint density at radius 3 is 2.59 bits per heavy atom. The van der Waals surface area contributed by atoms with Crippen LogP contribution in [0.1, 0.15) is 17.3 Å². The van der Waals surface area contributed by atoms with E-state index in [-0.39, 0.29) is 17.4 Å². The Morgan fingerprint density at radius 1 is 1.03 bits per heavy atom. The van der Waals surface area contributed by atoms with Gasteiger partial charge in [0, 0.05) is 29.9 Å². The largest absolute Gasteiger partial charge is 0.338 e. The number of benzene rings is 2. The van der Waals surface area contributed by atoms with E-state index in [1.54, 1.807) is 30.5 Å². The average molecular weight is 402 g/mol. The van der Waals surface area contributed by atoms with Crippen LogP contribution >= 0.6 is 11.8 Å². The lowest BCUT2D eigenvalue weighted by atomic mass is 10.1. The van der Waals surface area contributed by atoms with Crippen LogP contribution in [0.25, 0.3) is 22.4 Å². The number of para-hydroxylation sites is 2. The number of pyridine rings is 1. The Labute approximate surface area is 171 Å². The minimum atomic E-state index is -0.145. The highest BCUT2D eigenvalue weighted by molar-refractivity contribution is 8.00. The molecule has 0 aliphatic carbocycles. The summed E-state index contributed by atoms with van der Waals surface area (Å²) in [7, 11) is 0. The van der Waals surface area contributed by atoms with Gasteiger partial charge in [0.15, 0.2) is 5.78 Å². The van der Waals surface area contributed by atoms with Crippen LogP contribution in [0.15, 0.2) is 71.9 Å². The molecule has 0 aliphatic heterocycles. The van der Waals surface area contributed by atoms with Crippen molar-refractivity contribution in [2.24, 2.45) is 0 Å². The molecular weight excluding hydrogens is 384 g/mol. The van der Waals surface area contributed by atoms with Crippen LogP contribution < -0.4 is 5.32 Å². The standard InChI is InChI=1S/C22H18N4O2S/c1-14(27)24-16-10-8-15(9-11-16)20(28)13-29-22-17(5-4-12-23-22)21-25-18-6-2-3-7-19(18)26-21/h2-12H,13H2,1H3,(H,24,27)(H,25,26). The summed E-state index contributed by atoms with van der Waals surface area (Å²) >= 11 is 1.38. The molecule has 0 unspecified atom stereocenters. The van der Waals surface area contributed by atoms with Crippen molar-refractivity contribution in [3.63, 3.8) is 0 Å². The molecule has 2 heterocycles. The van der Waals surface area contributed by atoms with Gasteiger partial charge in [-0.25, -0.2) is 9.97 Å². The molecule has 7 heteroatoms. The van der Waals surface area contributed by atoms with Crippen LogP contribution in [0.5, 0.6) is 0 Å². The number of Topliss-reactive ketones (excluding diaryl/α,β-unsaturated/α-hetero) is 1. The van der Waals surface area contributed by atoms with Gasteiger partial charge >= 0.3 is 0 Å². The molecule has 0 radical (unpaired) electrons.